The molecule has 4 nitrogen and oxygen atoms in total. The first kappa shape index (κ1) is 18.1. The smallest absolute Gasteiger partial charge is 0.388 e. The van der Waals surface area contributed by atoms with Crippen molar-refractivity contribution in [3.63, 3.8) is 0 Å². The van der Waals surface area contributed by atoms with Gasteiger partial charge in [-0.15, -0.1) is 0 Å². The molecule has 1 aromatic rings. The molecular formula is C11H8F7NO3. The maximum atomic E-state index is 13.5. The summed E-state index contributed by atoms with van der Waals surface area (Å²) in [6.45, 7) is 0. The molecule has 1 aromatic carbocycles. The fourth-order valence-electron chi connectivity index (χ4n) is 1.70. The van der Waals surface area contributed by atoms with Gasteiger partial charge in [0, 0.05) is 12.5 Å². The number of nitro groups is 1. The average Bonchev–Trinajstić information content (AvgIpc) is 2.35. The normalized spacial score (nSPS) is 14.7. The summed E-state index contributed by atoms with van der Waals surface area (Å²) < 4.78 is 87.9. The Morgan fingerprint density at radius 3 is 1.91 bits per heavy atom. The van der Waals surface area contributed by atoms with Crippen LogP contribution in [-0.4, -0.2) is 28.1 Å². The van der Waals surface area contributed by atoms with Crippen LogP contribution < -0.4 is 0 Å². The summed E-state index contributed by atoms with van der Waals surface area (Å²) in [5, 5.41) is 20.1. The van der Waals surface area contributed by atoms with Crippen molar-refractivity contribution in [1.29, 1.82) is 0 Å². The molecule has 0 saturated carbocycles. The van der Waals surface area contributed by atoms with Gasteiger partial charge in [-0.1, -0.05) is 12.1 Å². The van der Waals surface area contributed by atoms with E-state index in [1.807, 2.05) is 0 Å². The number of alkyl halides is 7. The average molecular weight is 335 g/mol. The highest BCUT2D eigenvalue weighted by atomic mass is 19.4. The largest absolute Gasteiger partial charge is 0.431 e. The number of halogens is 7. The van der Waals surface area contributed by atoms with Crippen molar-refractivity contribution in [3.05, 3.63) is 39.9 Å². The van der Waals surface area contributed by atoms with Gasteiger partial charge in [0.1, 0.15) is 0 Å². The Kier molecular flexibility index (Phi) is 4.70. The Morgan fingerprint density at radius 2 is 1.50 bits per heavy atom. The Balaban J connectivity index is 3.24. The van der Waals surface area contributed by atoms with E-state index >= 15 is 0 Å². The molecule has 0 aliphatic carbocycles. The fourth-order valence-corrected chi connectivity index (χ4v) is 1.70. The third-order valence-electron chi connectivity index (χ3n) is 2.87. The summed E-state index contributed by atoms with van der Waals surface area (Å²) in [5.41, 5.74) is -7.45. The minimum Gasteiger partial charge on any atom is -0.388 e. The Hall–Kier alpha value is -1.91. The summed E-state index contributed by atoms with van der Waals surface area (Å²) in [5.74, 6) is 0. The Bertz CT molecular complexity index is 541. The van der Waals surface area contributed by atoms with E-state index in [2.05, 4.69) is 0 Å². The van der Waals surface area contributed by atoms with E-state index in [0.717, 1.165) is 24.3 Å². The third-order valence-corrected chi connectivity index (χ3v) is 2.87. The molecule has 22 heavy (non-hydrogen) atoms. The topological polar surface area (TPSA) is 63.4 Å². The zero-order valence-electron chi connectivity index (χ0n) is 10.5. The van der Waals surface area contributed by atoms with E-state index in [0.29, 0.717) is 0 Å². The molecule has 1 N–H and O–H groups in total. The molecule has 1 rings (SSSR count). The maximum absolute atomic E-state index is 13.5. The first-order valence-electron chi connectivity index (χ1n) is 5.55. The second kappa shape index (κ2) is 5.71. The number of para-hydroxylation sites is 1. The predicted octanol–water partition coefficient (Wildman–Crippen LogP) is 3.85. The minimum absolute atomic E-state index is 0.746. The number of hydrogen-bond acceptors (Lipinski definition) is 3. The SMILES string of the molecule is O=[N+]([O-])c1ccccc1C(O)CC(F)(C(F)(F)F)C(F)(F)F. The van der Waals surface area contributed by atoms with E-state index in [4.69, 9.17) is 0 Å². The van der Waals surface area contributed by atoms with E-state index in [9.17, 15) is 46.0 Å². The van der Waals surface area contributed by atoms with Crippen LogP contribution in [0.3, 0.4) is 0 Å². The summed E-state index contributed by atoms with van der Waals surface area (Å²) >= 11 is 0. The van der Waals surface area contributed by atoms with Gasteiger partial charge >= 0.3 is 18.0 Å². The molecule has 124 valence electrons. The number of nitrogens with zero attached hydrogens (tertiary/aromatic N) is 1. The summed E-state index contributed by atoms with van der Waals surface area (Å²) in [4.78, 5) is 9.53. The lowest BCUT2D eigenvalue weighted by Gasteiger charge is -2.31. The lowest BCUT2D eigenvalue weighted by Crippen LogP contribution is -2.54. The predicted molar refractivity (Wildman–Crippen MR) is 58.6 cm³/mol. The van der Waals surface area contributed by atoms with E-state index in [1.165, 1.54) is 0 Å². The molecule has 1 atom stereocenters. The van der Waals surface area contributed by atoms with Gasteiger partial charge < -0.3 is 5.11 Å². The number of hydrogen-bond donors (Lipinski definition) is 1. The minimum atomic E-state index is -6.34. The van der Waals surface area contributed by atoms with Crippen LogP contribution in [0.5, 0.6) is 0 Å². The van der Waals surface area contributed by atoms with Crippen molar-refractivity contribution in [2.75, 3.05) is 0 Å². The van der Waals surface area contributed by atoms with E-state index < -0.39 is 46.7 Å². The molecule has 0 heterocycles. The first-order chi connectivity index (χ1) is 9.81. The van der Waals surface area contributed by atoms with Gasteiger partial charge in [0.25, 0.3) is 5.69 Å². The maximum Gasteiger partial charge on any atom is 0.431 e. The van der Waals surface area contributed by atoms with Crippen LogP contribution in [0.4, 0.5) is 36.4 Å². The highest BCUT2D eigenvalue weighted by Crippen LogP contribution is 2.51. The van der Waals surface area contributed by atoms with Crippen LogP contribution in [0.1, 0.15) is 18.1 Å². The Morgan fingerprint density at radius 1 is 1.05 bits per heavy atom. The van der Waals surface area contributed by atoms with Crippen LogP contribution in [-0.2, 0) is 0 Å². The molecule has 1 unspecified atom stereocenters. The molecular weight excluding hydrogens is 327 g/mol. The van der Waals surface area contributed by atoms with Crippen molar-refractivity contribution in [2.24, 2.45) is 0 Å². The van der Waals surface area contributed by atoms with Crippen LogP contribution in [0.2, 0.25) is 0 Å². The van der Waals surface area contributed by atoms with Gasteiger partial charge in [0.15, 0.2) is 0 Å². The highest BCUT2D eigenvalue weighted by molar-refractivity contribution is 5.41. The lowest BCUT2D eigenvalue weighted by molar-refractivity contribution is -0.386. The molecule has 0 saturated heterocycles. The van der Waals surface area contributed by atoms with Gasteiger partial charge in [-0.2, -0.15) is 26.3 Å². The molecule has 0 aliphatic heterocycles. The van der Waals surface area contributed by atoms with Gasteiger partial charge in [0.2, 0.25) is 0 Å². The third kappa shape index (κ3) is 3.29. The number of aliphatic hydroxyl groups excluding tert-OH is 1. The van der Waals surface area contributed by atoms with Crippen molar-refractivity contribution in [3.8, 4) is 0 Å². The molecule has 0 bridgehead atoms. The summed E-state index contributed by atoms with van der Waals surface area (Å²) in [7, 11) is 0. The molecule has 0 spiro atoms. The van der Waals surface area contributed by atoms with E-state index in [-0.39, 0.29) is 0 Å². The number of nitro benzene ring substituents is 1. The van der Waals surface area contributed by atoms with Gasteiger partial charge in [-0.3, -0.25) is 10.1 Å². The molecule has 11 heteroatoms. The molecule has 0 amide bonds. The molecule has 0 aliphatic rings. The van der Waals surface area contributed by atoms with Crippen molar-refractivity contribution >= 4 is 5.69 Å². The number of rotatable bonds is 4. The van der Waals surface area contributed by atoms with Gasteiger partial charge in [0.05, 0.1) is 16.6 Å². The Labute approximate surface area is 118 Å². The molecule has 0 fully saturated rings. The first-order valence-corrected chi connectivity index (χ1v) is 5.55. The fraction of sp³-hybridized carbons (Fsp3) is 0.455. The van der Waals surface area contributed by atoms with Crippen LogP contribution in [0, 0.1) is 10.1 Å². The van der Waals surface area contributed by atoms with Crippen molar-refractivity contribution in [1.82, 2.24) is 0 Å². The second-order valence-corrected chi connectivity index (χ2v) is 4.33. The van der Waals surface area contributed by atoms with Crippen LogP contribution >= 0.6 is 0 Å². The van der Waals surface area contributed by atoms with E-state index in [1.54, 1.807) is 0 Å². The van der Waals surface area contributed by atoms with Gasteiger partial charge in [-0.25, -0.2) is 4.39 Å². The number of benzene rings is 1. The quantitative estimate of drug-likeness (QED) is 0.516. The monoisotopic (exact) mass is 335 g/mol. The zero-order chi connectivity index (χ0) is 17.3. The standard InChI is InChI=1S/C11H8F7NO3/c12-9(10(13,14)15,11(16,17)18)5-8(20)6-3-1-2-4-7(6)19(21)22/h1-4,8,20H,5H2. The second-order valence-electron chi connectivity index (χ2n) is 4.33. The van der Waals surface area contributed by atoms with Crippen LogP contribution in [0.15, 0.2) is 24.3 Å². The zero-order valence-corrected chi connectivity index (χ0v) is 10.5. The highest BCUT2D eigenvalue weighted by Gasteiger charge is 2.72. The van der Waals surface area contributed by atoms with Crippen molar-refractivity contribution < 1.29 is 40.8 Å². The lowest BCUT2D eigenvalue weighted by atomic mass is 9.92. The number of aliphatic hydroxyl groups is 1. The molecule has 0 radical (unpaired) electrons. The van der Waals surface area contributed by atoms with Crippen LogP contribution in [0.25, 0.3) is 0 Å². The summed E-state index contributed by atoms with van der Waals surface area (Å²) in [6, 6.07) is 3.65. The summed E-state index contributed by atoms with van der Waals surface area (Å²) in [6.07, 6.45) is -17.8. The van der Waals surface area contributed by atoms with Crippen molar-refractivity contribution in [2.45, 2.75) is 30.5 Å². The van der Waals surface area contributed by atoms with Gasteiger partial charge in [-0.05, 0) is 6.07 Å². The molecule has 0 aromatic heterocycles.